The fourth-order valence-electron chi connectivity index (χ4n) is 2.49. The molecular formula is C17H18N2O3S2. The van der Waals surface area contributed by atoms with E-state index in [0.29, 0.717) is 22.9 Å². The Hall–Kier alpha value is -2.09. The molecule has 126 valence electrons. The van der Waals surface area contributed by atoms with Crippen molar-refractivity contribution < 1.29 is 12.8 Å². The first-order valence-electron chi connectivity index (χ1n) is 7.36. The Bertz CT molecular complexity index is 901. The minimum Gasteiger partial charge on any atom is -0.464 e. The maximum absolute atomic E-state index is 12.8. The van der Waals surface area contributed by atoms with Crippen molar-refractivity contribution in [3.63, 3.8) is 0 Å². The molecule has 1 N–H and O–H groups in total. The highest BCUT2D eigenvalue weighted by Gasteiger charge is 2.24. The average molecular weight is 362 g/mol. The van der Waals surface area contributed by atoms with Crippen molar-refractivity contribution in [1.29, 1.82) is 0 Å². The molecule has 0 radical (unpaired) electrons. The van der Waals surface area contributed by atoms with E-state index in [-0.39, 0.29) is 0 Å². The zero-order valence-corrected chi connectivity index (χ0v) is 15.0. The molecule has 0 bridgehead atoms. The lowest BCUT2D eigenvalue weighted by Gasteiger charge is -2.22. The Morgan fingerprint density at radius 1 is 1.25 bits per heavy atom. The number of nitrogens with zero attached hydrogens (tertiary/aromatic N) is 1. The zero-order valence-electron chi connectivity index (χ0n) is 13.4. The van der Waals surface area contributed by atoms with Crippen molar-refractivity contribution in [2.45, 2.75) is 11.4 Å². The van der Waals surface area contributed by atoms with Crippen molar-refractivity contribution in [3.05, 3.63) is 59.0 Å². The number of sulfonamides is 1. The van der Waals surface area contributed by atoms with Gasteiger partial charge in [0.05, 0.1) is 16.8 Å². The number of thiophene rings is 1. The van der Waals surface area contributed by atoms with E-state index in [1.807, 2.05) is 31.3 Å². The first-order chi connectivity index (χ1) is 11.5. The second kappa shape index (κ2) is 6.80. The van der Waals surface area contributed by atoms with Gasteiger partial charge in [-0.2, -0.15) is 11.3 Å². The number of hydrogen-bond acceptors (Lipinski definition) is 5. The van der Waals surface area contributed by atoms with Crippen molar-refractivity contribution in [2.75, 3.05) is 18.4 Å². The van der Waals surface area contributed by atoms with Gasteiger partial charge >= 0.3 is 0 Å². The zero-order chi connectivity index (χ0) is 17.2. The van der Waals surface area contributed by atoms with Crippen LogP contribution in [-0.2, 0) is 16.6 Å². The molecule has 3 rings (SSSR count). The molecule has 0 aliphatic heterocycles. The normalized spacial score (nSPS) is 11.6. The molecule has 2 heterocycles. The van der Waals surface area contributed by atoms with E-state index in [0.717, 1.165) is 11.1 Å². The van der Waals surface area contributed by atoms with Gasteiger partial charge in [0.25, 0.3) is 10.0 Å². The van der Waals surface area contributed by atoms with E-state index in [4.69, 9.17) is 4.42 Å². The molecule has 0 fully saturated rings. The van der Waals surface area contributed by atoms with Gasteiger partial charge in [-0.05, 0) is 48.3 Å². The topological polar surface area (TPSA) is 62.6 Å². The van der Waals surface area contributed by atoms with Gasteiger partial charge in [0.15, 0.2) is 0 Å². The standard InChI is InChI=1S/C17H18N2O3S2/c1-18-11-13-5-6-16(15(10-13)17-4-3-8-22-17)19(2)24(20,21)14-7-9-23-12-14/h3-10,12,18H,11H2,1-2H3. The predicted octanol–water partition coefficient (Wildman–Crippen LogP) is 3.55. The smallest absolute Gasteiger partial charge is 0.264 e. The summed E-state index contributed by atoms with van der Waals surface area (Å²) in [4.78, 5) is 0.291. The Labute approximate surface area is 145 Å². The molecule has 0 spiro atoms. The summed E-state index contributed by atoms with van der Waals surface area (Å²) < 4.78 is 32.4. The van der Waals surface area contributed by atoms with Crippen LogP contribution in [0.4, 0.5) is 5.69 Å². The van der Waals surface area contributed by atoms with Crippen LogP contribution in [0.15, 0.2) is 62.7 Å². The monoisotopic (exact) mass is 362 g/mol. The first-order valence-corrected chi connectivity index (χ1v) is 9.75. The van der Waals surface area contributed by atoms with Crippen molar-refractivity contribution >= 4 is 27.0 Å². The lowest BCUT2D eigenvalue weighted by molar-refractivity contribution is 0.582. The van der Waals surface area contributed by atoms with Crippen LogP contribution >= 0.6 is 11.3 Å². The Kier molecular flexibility index (Phi) is 4.75. The van der Waals surface area contributed by atoms with Crippen LogP contribution in [0.1, 0.15) is 5.56 Å². The van der Waals surface area contributed by atoms with Gasteiger partial charge in [-0.3, -0.25) is 4.31 Å². The molecule has 7 heteroatoms. The summed E-state index contributed by atoms with van der Waals surface area (Å²) in [6, 6.07) is 10.9. The third-order valence-electron chi connectivity index (χ3n) is 3.72. The summed E-state index contributed by atoms with van der Waals surface area (Å²) in [5, 5.41) is 6.48. The quantitative estimate of drug-likeness (QED) is 0.728. The number of hydrogen-bond donors (Lipinski definition) is 1. The van der Waals surface area contributed by atoms with Crippen molar-refractivity contribution in [3.8, 4) is 11.3 Å². The van der Waals surface area contributed by atoms with Gasteiger partial charge in [0, 0.05) is 24.5 Å². The maximum Gasteiger partial charge on any atom is 0.264 e. The first kappa shape index (κ1) is 16.8. The second-order valence-electron chi connectivity index (χ2n) is 5.29. The van der Waals surface area contributed by atoms with Gasteiger partial charge < -0.3 is 9.73 Å². The highest BCUT2D eigenvalue weighted by atomic mass is 32.2. The highest BCUT2D eigenvalue weighted by Crippen LogP contribution is 2.34. The molecule has 0 aliphatic carbocycles. The summed E-state index contributed by atoms with van der Waals surface area (Å²) in [5.74, 6) is 0.635. The molecule has 0 unspecified atom stereocenters. The molecule has 0 aliphatic rings. The Balaban J connectivity index is 2.10. The maximum atomic E-state index is 12.8. The van der Waals surface area contributed by atoms with Gasteiger partial charge in [-0.15, -0.1) is 0 Å². The average Bonchev–Trinajstić information content (AvgIpc) is 3.28. The highest BCUT2D eigenvalue weighted by molar-refractivity contribution is 7.93. The van der Waals surface area contributed by atoms with E-state index in [9.17, 15) is 8.42 Å². The molecule has 5 nitrogen and oxygen atoms in total. The third-order valence-corrected chi connectivity index (χ3v) is 6.32. The SMILES string of the molecule is CNCc1ccc(N(C)S(=O)(=O)c2ccsc2)c(-c2ccco2)c1. The lowest BCUT2D eigenvalue weighted by atomic mass is 10.1. The third kappa shape index (κ3) is 3.10. The second-order valence-corrected chi connectivity index (χ2v) is 8.04. The Morgan fingerprint density at radius 2 is 2.08 bits per heavy atom. The van der Waals surface area contributed by atoms with Gasteiger partial charge in [-0.1, -0.05) is 6.07 Å². The van der Waals surface area contributed by atoms with E-state index in [1.165, 1.54) is 15.6 Å². The summed E-state index contributed by atoms with van der Waals surface area (Å²) in [7, 11) is -0.170. The van der Waals surface area contributed by atoms with E-state index in [1.54, 1.807) is 36.2 Å². The molecule has 2 aromatic heterocycles. The van der Waals surface area contributed by atoms with Crippen LogP contribution < -0.4 is 9.62 Å². The number of benzene rings is 1. The van der Waals surface area contributed by atoms with E-state index < -0.39 is 10.0 Å². The molecule has 24 heavy (non-hydrogen) atoms. The number of anilines is 1. The summed E-state index contributed by atoms with van der Waals surface area (Å²) >= 11 is 1.36. The lowest BCUT2D eigenvalue weighted by Crippen LogP contribution is -2.26. The van der Waals surface area contributed by atoms with Gasteiger partial charge in [-0.25, -0.2) is 8.42 Å². The van der Waals surface area contributed by atoms with Crippen LogP contribution in [0.5, 0.6) is 0 Å². The summed E-state index contributed by atoms with van der Waals surface area (Å²) in [6.07, 6.45) is 1.58. The minimum absolute atomic E-state index is 0.291. The molecule has 0 saturated carbocycles. The summed E-state index contributed by atoms with van der Waals surface area (Å²) in [6.45, 7) is 0.689. The van der Waals surface area contributed by atoms with Gasteiger partial charge in [0.2, 0.25) is 0 Å². The molecule has 3 aromatic rings. The molecular weight excluding hydrogens is 344 g/mol. The van der Waals surface area contributed by atoms with Crippen LogP contribution in [0.3, 0.4) is 0 Å². The number of furan rings is 1. The minimum atomic E-state index is -3.60. The fraction of sp³-hybridized carbons (Fsp3) is 0.176. The van der Waals surface area contributed by atoms with Gasteiger partial charge in [0.1, 0.15) is 5.76 Å². The molecule has 0 saturated heterocycles. The van der Waals surface area contributed by atoms with Crippen molar-refractivity contribution in [2.24, 2.45) is 0 Å². The fourth-order valence-corrected chi connectivity index (χ4v) is 4.72. The van der Waals surface area contributed by atoms with E-state index in [2.05, 4.69) is 5.32 Å². The predicted molar refractivity (Wildman–Crippen MR) is 96.8 cm³/mol. The van der Waals surface area contributed by atoms with E-state index >= 15 is 0 Å². The van der Waals surface area contributed by atoms with Crippen LogP contribution in [0.2, 0.25) is 0 Å². The van der Waals surface area contributed by atoms with Crippen LogP contribution in [-0.4, -0.2) is 22.5 Å². The molecule has 0 amide bonds. The Morgan fingerprint density at radius 3 is 2.71 bits per heavy atom. The summed E-state index contributed by atoms with van der Waals surface area (Å²) in [5.41, 5.74) is 2.37. The van der Waals surface area contributed by atoms with Crippen molar-refractivity contribution in [1.82, 2.24) is 5.32 Å². The number of nitrogens with one attached hydrogen (secondary N) is 1. The van der Waals surface area contributed by atoms with Crippen LogP contribution in [0.25, 0.3) is 11.3 Å². The number of rotatable bonds is 6. The van der Waals surface area contributed by atoms with Crippen LogP contribution in [0, 0.1) is 0 Å². The largest absolute Gasteiger partial charge is 0.464 e. The molecule has 0 atom stereocenters. The molecule has 1 aromatic carbocycles.